The van der Waals surface area contributed by atoms with Crippen LogP contribution in [0.15, 0.2) is 18.2 Å². The highest BCUT2D eigenvalue weighted by molar-refractivity contribution is 6.06. The number of hydrogen-bond donors (Lipinski definition) is 1. The summed E-state index contributed by atoms with van der Waals surface area (Å²) in [5, 5.41) is 2.49. The van der Waals surface area contributed by atoms with E-state index in [0.717, 1.165) is 0 Å². The fourth-order valence-corrected chi connectivity index (χ4v) is 1.89. The third-order valence-corrected chi connectivity index (χ3v) is 2.86. The lowest BCUT2D eigenvalue weighted by atomic mass is 10.1. The van der Waals surface area contributed by atoms with E-state index in [9.17, 15) is 14.0 Å². The van der Waals surface area contributed by atoms with Gasteiger partial charge in [0.1, 0.15) is 6.04 Å². The van der Waals surface area contributed by atoms with Crippen LogP contribution < -0.4 is 15.0 Å². The van der Waals surface area contributed by atoms with Gasteiger partial charge in [0, 0.05) is 11.8 Å². The molecule has 0 radical (unpaired) electrons. The van der Waals surface area contributed by atoms with Gasteiger partial charge in [-0.05, 0) is 19.1 Å². The molecule has 0 aliphatic carbocycles. The summed E-state index contributed by atoms with van der Waals surface area (Å²) >= 11 is 0. The van der Waals surface area contributed by atoms with E-state index in [1.54, 1.807) is 6.92 Å². The van der Waals surface area contributed by atoms with Crippen LogP contribution in [0.2, 0.25) is 0 Å². The number of piperazine rings is 1. The quantitative estimate of drug-likeness (QED) is 0.842. The number of halogens is 1. The van der Waals surface area contributed by atoms with E-state index < -0.39 is 11.9 Å². The summed E-state index contributed by atoms with van der Waals surface area (Å²) in [7, 11) is 1.34. The number of carbonyl (C=O) groups excluding carboxylic acids is 2. The Balaban J connectivity index is 2.40. The van der Waals surface area contributed by atoms with E-state index in [1.165, 1.54) is 30.2 Å². The number of amides is 2. The maximum atomic E-state index is 13.3. The molecule has 1 aliphatic rings. The molecule has 0 bridgehead atoms. The second-order valence-electron chi connectivity index (χ2n) is 3.98. The Bertz CT molecular complexity index is 504. The lowest BCUT2D eigenvalue weighted by molar-refractivity contribution is -0.130. The Labute approximate surface area is 104 Å². The number of hydrogen-bond acceptors (Lipinski definition) is 3. The van der Waals surface area contributed by atoms with Crippen molar-refractivity contribution in [2.75, 3.05) is 18.6 Å². The van der Waals surface area contributed by atoms with Crippen LogP contribution in [-0.2, 0) is 9.59 Å². The van der Waals surface area contributed by atoms with Crippen molar-refractivity contribution in [3.8, 4) is 5.75 Å². The zero-order valence-corrected chi connectivity index (χ0v) is 10.1. The Hall–Kier alpha value is -2.11. The standard InChI is InChI=1S/C12H13FN2O3/c1-7-12(17)14-6-11(16)15(7)8-3-4-9(13)10(5-8)18-2/h3-5,7H,6H2,1-2H3,(H,14,17). The first-order valence-corrected chi connectivity index (χ1v) is 5.48. The zero-order valence-electron chi connectivity index (χ0n) is 10.1. The van der Waals surface area contributed by atoms with Gasteiger partial charge in [0.15, 0.2) is 11.6 Å². The molecule has 1 fully saturated rings. The van der Waals surface area contributed by atoms with Gasteiger partial charge in [-0.1, -0.05) is 0 Å². The van der Waals surface area contributed by atoms with Crippen molar-refractivity contribution in [2.24, 2.45) is 0 Å². The number of ether oxygens (including phenoxy) is 1. The zero-order chi connectivity index (χ0) is 13.3. The topological polar surface area (TPSA) is 58.6 Å². The fourth-order valence-electron chi connectivity index (χ4n) is 1.89. The number of carbonyl (C=O) groups is 2. The molecule has 1 aromatic carbocycles. The summed E-state index contributed by atoms with van der Waals surface area (Å²) in [6, 6.07) is 3.44. The second kappa shape index (κ2) is 4.64. The Morgan fingerprint density at radius 2 is 2.17 bits per heavy atom. The Kier molecular flexibility index (Phi) is 3.18. The normalized spacial score (nSPS) is 19.7. The number of nitrogens with zero attached hydrogens (tertiary/aromatic N) is 1. The maximum Gasteiger partial charge on any atom is 0.247 e. The summed E-state index contributed by atoms with van der Waals surface area (Å²) in [6.07, 6.45) is 0. The van der Waals surface area contributed by atoms with E-state index in [-0.39, 0.29) is 24.1 Å². The molecule has 5 nitrogen and oxygen atoms in total. The first-order valence-electron chi connectivity index (χ1n) is 5.48. The van der Waals surface area contributed by atoms with Gasteiger partial charge in [-0.25, -0.2) is 4.39 Å². The van der Waals surface area contributed by atoms with Crippen LogP contribution >= 0.6 is 0 Å². The second-order valence-corrected chi connectivity index (χ2v) is 3.98. The third-order valence-electron chi connectivity index (χ3n) is 2.86. The molecule has 1 aliphatic heterocycles. The van der Waals surface area contributed by atoms with Crippen molar-refractivity contribution in [1.82, 2.24) is 5.32 Å². The van der Waals surface area contributed by atoms with Gasteiger partial charge in [0.25, 0.3) is 0 Å². The SMILES string of the molecule is COc1cc(N2C(=O)CNC(=O)C2C)ccc1F. The van der Waals surface area contributed by atoms with E-state index in [2.05, 4.69) is 5.32 Å². The van der Waals surface area contributed by atoms with Crippen molar-refractivity contribution in [3.05, 3.63) is 24.0 Å². The highest BCUT2D eigenvalue weighted by atomic mass is 19.1. The fraction of sp³-hybridized carbons (Fsp3) is 0.333. The Morgan fingerprint density at radius 1 is 1.44 bits per heavy atom. The van der Waals surface area contributed by atoms with Crippen LogP contribution in [0.25, 0.3) is 0 Å². The van der Waals surface area contributed by atoms with Crippen LogP contribution in [0, 0.1) is 5.82 Å². The molecule has 18 heavy (non-hydrogen) atoms. The molecule has 1 atom stereocenters. The summed E-state index contributed by atoms with van der Waals surface area (Å²) in [5.74, 6) is -0.949. The first-order chi connectivity index (χ1) is 8.54. The molecule has 1 N–H and O–H groups in total. The lowest BCUT2D eigenvalue weighted by Crippen LogP contribution is -2.57. The van der Waals surface area contributed by atoms with E-state index in [0.29, 0.717) is 5.69 Å². The van der Waals surface area contributed by atoms with Gasteiger partial charge < -0.3 is 10.1 Å². The van der Waals surface area contributed by atoms with Gasteiger partial charge in [-0.15, -0.1) is 0 Å². The first kappa shape index (κ1) is 12.3. The minimum absolute atomic E-state index is 0.0403. The molecule has 2 amide bonds. The van der Waals surface area contributed by atoms with Crippen LogP contribution in [0.3, 0.4) is 0 Å². The average Bonchev–Trinajstić information content (AvgIpc) is 2.36. The van der Waals surface area contributed by atoms with Crippen molar-refractivity contribution in [1.29, 1.82) is 0 Å². The molecular weight excluding hydrogens is 239 g/mol. The van der Waals surface area contributed by atoms with Crippen molar-refractivity contribution < 1.29 is 18.7 Å². The summed E-state index contributed by atoms with van der Waals surface area (Å²) in [4.78, 5) is 24.7. The minimum Gasteiger partial charge on any atom is -0.494 e. The van der Waals surface area contributed by atoms with Gasteiger partial charge in [0.05, 0.1) is 13.7 Å². The highest BCUT2D eigenvalue weighted by Gasteiger charge is 2.32. The van der Waals surface area contributed by atoms with E-state index in [1.807, 2.05) is 0 Å². The number of methoxy groups -OCH3 is 1. The predicted molar refractivity (Wildman–Crippen MR) is 62.9 cm³/mol. The molecule has 96 valence electrons. The van der Waals surface area contributed by atoms with Crippen molar-refractivity contribution in [3.63, 3.8) is 0 Å². The largest absolute Gasteiger partial charge is 0.494 e. The monoisotopic (exact) mass is 252 g/mol. The van der Waals surface area contributed by atoms with Crippen LogP contribution in [-0.4, -0.2) is 31.5 Å². The molecule has 6 heteroatoms. The summed E-state index contributed by atoms with van der Waals surface area (Å²) in [6.45, 7) is 1.56. The van der Waals surface area contributed by atoms with Gasteiger partial charge in [0.2, 0.25) is 11.8 Å². The van der Waals surface area contributed by atoms with E-state index >= 15 is 0 Å². The Morgan fingerprint density at radius 3 is 2.83 bits per heavy atom. The highest BCUT2D eigenvalue weighted by Crippen LogP contribution is 2.26. The maximum absolute atomic E-state index is 13.3. The molecule has 1 saturated heterocycles. The molecule has 1 heterocycles. The molecule has 0 aromatic heterocycles. The molecular formula is C12H13FN2O3. The van der Waals surface area contributed by atoms with E-state index in [4.69, 9.17) is 4.74 Å². The number of benzene rings is 1. The number of rotatable bonds is 2. The van der Waals surface area contributed by atoms with Gasteiger partial charge >= 0.3 is 0 Å². The smallest absolute Gasteiger partial charge is 0.247 e. The minimum atomic E-state index is -0.624. The third kappa shape index (κ3) is 2.01. The van der Waals surface area contributed by atoms with Crippen LogP contribution in [0.5, 0.6) is 5.75 Å². The lowest BCUT2D eigenvalue weighted by Gasteiger charge is -2.32. The molecule has 2 rings (SSSR count). The van der Waals surface area contributed by atoms with Crippen LogP contribution in [0.4, 0.5) is 10.1 Å². The molecule has 1 unspecified atom stereocenters. The number of anilines is 1. The summed E-state index contributed by atoms with van der Waals surface area (Å²) < 4.78 is 18.2. The van der Waals surface area contributed by atoms with Gasteiger partial charge in [-0.3, -0.25) is 14.5 Å². The van der Waals surface area contributed by atoms with Crippen LogP contribution in [0.1, 0.15) is 6.92 Å². The molecule has 1 aromatic rings. The van der Waals surface area contributed by atoms with Crippen molar-refractivity contribution >= 4 is 17.5 Å². The number of nitrogens with one attached hydrogen (secondary N) is 1. The molecule has 0 spiro atoms. The van der Waals surface area contributed by atoms with Crippen molar-refractivity contribution in [2.45, 2.75) is 13.0 Å². The summed E-state index contributed by atoms with van der Waals surface area (Å²) in [5.41, 5.74) is 0.445. The molecule has 0 saturated carbocycles. The van der Waals surface area contributed by atoms with Gasteiger partial charge in [-0.2, -0.15) is 0 Å². The average molecular weight is 252 g/mol. The predicted octanol–water partition coefficient (Wildman–Crippen LogP) is 0.686.